The second-order valence-corrected chi connectivity index (χ2v) is 7.12. The van der Waals surface area contributed by atoms with Crippen molar-refractivity contribution in [2.75, 3.05) is 0 Å². The monoisotopic (exact) mass is 383 g/mol. The Labute approximate surface area is 160 Å². The maximum absolute atomic E-state index is 12.6. The Hall–Kier alpha value is -2.86. The number of rotatable bonds is 5. The summed E-state index contributed by atoms with van der Waals surface area (Å²) in [6.07, 6.45) is 2.73. The van der Waals surface area contributed by atoms with Gasteiger partial charge in [0.05, 0.1) is 5.54 Å². The van der Waals surface area contributed by atoms with Gasteiger partial charge in [0, 0.05) is 10.6 Å². The highest BCUT2D eigenvalue weighted by molar-refractivity contribution is 6.30. The highest BCUT2D eigenvalue weighted by atomic mass is 35.5. The van der Waals surface area contributed by atoms with Crippen molar-refractivity contribution in [3.63, 3.8) is 0 Å². The summed E-state index contributed by atoms with van der Waals surface area (Å²) in [5.74, 6) is -0.734. The van der Waals surface area contributed by atoms with E-state index in [0.717, 1.165) is 29.5 Å². The van der Waals surface area contributed by atoms with Crippen molar-refractivity contribution in [1.82, 2.24) is 15.1 Å². The minimum absolute atomic E-state index is 0.190. The van der Waals surface area contributed by atoms with Gasteiger partial charge in [-0.15, -0.1) is 5.10 Å². The largest absolute Gasteiger partial charge is 0.437 e. The molecule has 4 rings (SSSR count). The van der Waals surface area contributed by atoms with Crippen LogP contribution >= 0.6 is 11.6 Å². The summed E-state index contributed by atoms with van der Waals surface area (Å²) in [4.78, 5) is 24.6. The van der Waals surface area contributed by atoms with E-state index in [4.69, 9.17) is 16.0 Å². The highest BCUT2D eigenvalue weighted by Crippen LogP contribution is 2.41. The molecule has 0 spiro atoms. The van der Waals surface area contributed by atoms with E-state index in [9.17, 15) is 9.59 Å². The number of hydrogen-bond acceptors (Lipinski definition) is 4. The number of carbonyl (C=O) groups is 1. The van der Waals surface area contributed by atoms with Gasteiger partial charge in [0.2, 0.25) is 11.8 Å². The molecule has 0 radical (unpaired) electrons. The van der Waals surface area contributed by atoms with Crippen LogP contribution in [0.4, 0.5) is 0 Å². The number of nitrogens with zero attached hydrogens (tertiary/aromatic N) is 2. The first-order valence-corrected chi connectivity index (χ1v) is 9.14. The second-order valence-electron chi connectivity index (χ2n) is 6.69. The normalized spacial score (nSPS) is 15.1. The van der Waals surface area contributed by atoms with Crippen LogP contribution in [0.1, 0.15) is 24.8 Å². The maximum Gasteiger partial charge on any atom is 0.437 e. The van der Waals surface area contributed by atoms with Crippen molar-refractivity contribution >= 4 is 17.5 Å². The molecule has 1 aromatic heterocycles. The summed E-state index contributed by atoms with van der Waals surface area (Å²) in [6.45, 7) is -0.190. The van der Waals surface area contributed by atoms with Crippen LogP contribution in [0.5, 0.6) is 0 Å². The van der Waals surface area contributed by atoms with Gasteiger partial charge in [-0.25, -0.2) is 4.79 Å². The molecule has 1 aliphatic carbocycles. The Morgan fingerprint density at radius 2 is 1.85 bits per heavy atom. The summed E-state index contributed by atoms with van der Waals surface area (Å²) in [7, 11) is 0. The minimum Gasteiger partial charge on any atom is -0.388 e. The molecule has 3 aromatic rings. The van der Waals surface area contributed by atoms with Crippen LogP contribution in [0, 0.1) is 0 Å². The van der Waals surface area contributed by atoms with E-state index in [0.29, 0.717) is 10.6 Å². The molecule has 0 saturated heterocycles. The van der Waals surface area contributed by atoms with E-state index < -0.39 is 11.3 Å². The van der Waals surface area contributed by atoms with E-state index in [1.165, 1.54) is 0 Å². The molecule has 1 heterocycles. The van der Waals surface area contributed by atoms with Crippen LogP contribution in [-0.4, -0.2) is 15.7 Å². The summed E-state index contributed by atoms with van der Waals surface area (Å²) >= 11 is 5.96. The summed E-state index contributed by atoms with van der Waals surface area (Å²) < 4.78 is 6.22. The average molecular weight is 384 g/mol. The minimum atomic E-state index is -0.654. The Kier molecular flexibility index (Phi) is 4.58. The molecule has 1 aliphatic rings. The number of amides is 1. The molecule has 0 aliphatic heterocycles. The standard InChI is InChI=1S/C20H18ClN3O3/c21-16-9-7-15(8-10-16)20(11-4-12-20)22-17(25)13-24-19(26)27-18(23-24)14-5-2-1-3-6-14/h1-3,5-10H,4,11-13H2,(H,22,25). The van der Waals surface area contributed by atoms with Gasteiger partial charge in [-0.1, -0.05) is 41.9 Å². The van der Waals surface area contributed by atoms with Gasteiger partial charge in [-0.2, -0.15) is 4.68 Å². The van der Waals surface area contributed by atoms with Crippen LogP contribution in [0.15, 0.2) is 63.8 Å². The summed E-state index contributed by atoms with van der Waals surface area (Å²) in [6, 6.07) is 16.6. The first-order chi connectivity index (χ1) is 13.1. The van der Waals surface area contributed by atoms with Crippen LogP contribution < -0.4 is 11.1 Å². The Morgan fingerprint density at radius 3 is 2.48 bits per heavy atom. The third-order valence-corrected chi connectivity index (χ3v) is 5.15. The third kappa shape index (κ3) is 3.53. The van der Waals surface area contributed by atoms with Gasteiger partial charge in [0.25, 0.3) is 0 Å². The fraction of sp³-hybridized carbons (Fsp3) is 0.250. The summed E-state index contributed by atoms with van der Waals surface area (Å²) in [5, 5.41) is 7.86. The van der Waals surface area contributed by atoms with E-state index in [1.807, 2.05) is 42.5 Å². The zero-order valence-corrected chi connectivity index (χ0v) is 15.3. The van der Waals surface area contributed by atoms with Crippen LogP contribution in [-0.2, 0) is 16.9 Å². The second kappa shape index (κ2) is 7.04. The molecule has 6 nitrogen and oxygen atoms in total. The fourth-order valence-electron chi connectivity index (χ4n) is 3.33. The molecule has 138 valence electrons. The number of nitrogens with one attached hydrogen (secondary N) is 1. The molecule has 0 unspecified atom stereocenters. The number of carbonyl (C=O) groups excluding carboxylic acids is 1. The van der Waals surface area contributed by atoms with Crippen molar-refractivity contribution < 1.29 is 9.21 Å². The fourth-order valence-corrected chi connectivity index (χ4v) is 3.46. The van der Waals surface area contributed by atoms with Crippen molar-refractivity contribution in [2.45, 2.75) is 31.3 Å². The number of benzene rings is 2. The van der Waals surface area contributed by atoms with Gasteiger partial charge < -0.3 is 9.73 Å². The van der Waals surface area contributed by atoms with E-state index >= 15 is 0 Å². The van der Waals surface area contributed by atoms with Gasteiger partial charge in [-0.3, -0.25) is 4.79 Å². The number of halogens is 1. The lowest BCUT2D eigenvalue weighted by Crippen LogP contribution is -2.52. The molecule has 7 heteroatoms. The Bertz CT molecular complexity index is 1000. The Balaban J connectivity index is 1.50. The third-order valence-electron chi connectivity index (χ3n) is 4.90. The molecule has 0 atom stereocenters. The van der Waals surface area contributed by atoms with Gasteiger partial charge in [0.15, 0.2) is 0 Å². The van der Waals surface area contributed by atoms with Crippen molar-refractivity contribution in [3.05, 3.63) is 75.7 Å². The zero-order valence-electron chi connectivity index (χ0n) is 14.5. The predicted octanol–water partition coefficient (Wildman–Crippen LogP) is 3.35. The van der Waals surface area contributed by atoms with Gasteiger partial charge in [0.1, 0.15) is 6.54 Å². The summed E-state index contributed by atoms with van der Waals surface area (Å²) in [5.41, 5.74) is 1.30. The van der Waals surface area contributed by atoms with Crippen molar-refractivity contribution in [2.24, 2.45) is 0 Å². The molecular weight excluding hydrogens is 366 g/mol. The molecular formula is C20H18ClN3O3. The zero-order chi connectivity index (χ0) is 18.9. The molecule has 2 aromatic carbocycles. The molecule has 1 N–H and O–H groups in total. The molecule has 1 amide bonds. The number of hydrogen-bond donors (Lipinski definition) is 1. The van der Waals surface area contributed by atoms with Crippen molar-refractivity contribution in [3.8, 4) is 11.5 Å². The van der Waals surface area contributed by atoms with Crippen molar-refractivity contribution in [1.29, 1.82) is 0 Å². The van der Waals surface area contributed by atoms with Gasteiger partial charge in [-0.05, 0) is 49.1 Å². The number of aromatic nitrogens is 2. The smallest absolute Gasteiger partial charge is 0.388 e. The lowest BCUT2D eigenvalue weighted by atomic mass is 9.72. The predicted molar refractivity (Wildman–Crippen MR) is 101 cm³/mol. The highest BCUT2D eigenvalue weighted by Gasteiger charge is 2.40. The average Bonchev–Trinajstić information content (AvgIpc) is 3.00. The first-order valence-electron chi connectivity index (χ1n) is 8.76. The molecule has 1 saturated carbocycles. The lowest BCUT2D eigenvalue weighted by molar-refractivity contribution is -0.125. The topological polar surface area (TPSA) is 77.1 Å². The van der Waals surface area contributed by atoms with Gasteiger partial charge >= 0.3 is 5.76 Å². The molecule has 1 fully saturated rings. The molecule has 0 bridgehead atoms. The van der Waals surface area contributed by atoms with E-state index in [-0.39, 0.29) is 18.3 Å². The van der Waals surface area contributed by atoms with E-state index in [2.05, 4.69) is 10.4 Å². The Morgan fingerprint density at radius 1 is 1.15 bits per heavy atom. The SMILES string of the molecule is O=C(Cn1nc(-c2ccccc2)oc1=O)NC1(c2ccc(Cl)cc2)CCC1. The first kappa shape index (κ1) is 17.5. The van der Waals surface area contributed by atoms with Crippen LogP contribution in [0.25, 0.3) is 11.5 Å². The lowest BCUT2D eigenvalue weighted by Gasteiger charge is -2.43. The van der Waals surface area contributed by atoms with Crippen LogP contribution in [0.3, 0.4) is 0 Å². The van der Waals surface area contributed by atoms with Crippen LogP contribution in [0.2, 0.25) is 5.02 Å². The maximum atomic E-state index is 12.6. The quantitative estimate of drug-likeness (QED) is 0.733. The molecule has 27 heavy (non-hydrogen) atoms. The van der Waals surface area contributed by atoms with E-state index in [1.54, 1.807) is 12.1 Å².